The molecule has 4 heteroatoms. The largest absolute Gasteiger partial charge is 0.323 e. The molecule has 1 aromatic carbocycles. The first-order valence-electron chi connectivity index (χ1n) is 5.10. The third kappa shape index (κ3) is 4.13. The molecule has 0 aromatic heterocycles. The van der Waals surface area contributed by atoms with Crippen molar-refractivity contribution >= 4 is 11.7 Å². The number of carbonyl (C=O) groups excluding carboxylic acids is 1. The van der Waals surface area contributed by atoms with Crippen molar-refractivity contribution < 1.29 is 9.18 Å². The molecule has 0 atom stereocenters. The molecule has 0 heterocycles. The Balaban J connectivity index is 2.49. The number of urea groups is 1. The standard InChI is InChI=1S/C12H15FN2O/c1-3-9(2)8-14-12(16)15-11-6-4-10(13)5-7-11/h4-8H,3H2,1-2H3,(H2,14,15,16)/b9-8+. The highest BCUT2D eigenvalue weighted by Crippen LogP contribution is 2.07. The highest BCUT2D eigenvalue weighted by atomic mass is 19.1. The van der Waals surface area contributed by atoms with E-state index in [2.05, 4.69) is 10.6 Å². The molecule has 1 aromatic rings. The molecule has 0 spiro atoms. The summed E-state index contributed by atoms with van der Waals surface area (Å²) in [5.74, 6) is -0.326. The number of nitrogens with one attached hydrogen (secondary N) is 2. The minimum absolute atomic E-state index is 0.326. The minimum Gasteiger partial charge on any atom is -0.314 e. The Morgan fingerprint density at radius 3 is 2.56 bits per heavy atom. The molecular formula is C12H15FN2O. The van der Waals surface area contributed by atoms with Gasteiger partial charge in [-0.1, -0.05) is 12.5 Å². The fraction of sp³-hybridized carbons (Fsp3) is 0.250. The second-order valence-electron chi connectivity index (χ2n) is 3.45. The Hall–Kier alpha value is -1.84. The van der Waals surface area contributed by atoms with E-state index >= 15 is 0 Å². The van der Waals surface area contributed by atoms with E-state index in [1.165, 1.54) is 24.3 Å². The zero-order valence-electron chi connectivity index (χ0n) is 9.38. The van der Waals surface area contributed by atoms with Crippen molar-refractivity contribution in [3.05, 3.63) is 41.9 Å². The molecule has 0 saturated heterocycles. The third-order valence-electron chi connectivity index (χ3n) is 2.11. The summed E-state index contributed by atoms with van der Waals surface area (Å²) in [5, 5.41) is 5.18. The van der Waals surface area contributed by atoms with Gasteiger partial charge < -0.3 is 10.6 Å². The van der Waals surface area contributed by atoms with Gasteiger partial charge in [-0.2, -0.15) is 0 Å². The van der Waals surface area contributed by atoms with Crippen LogP contribution >= 0.6 is 0 Å². The molecule has 1 rings (SSSR count). The van der Waals surface area contributed by atoms with E-state index in [0.29, 0.717) is 5.69 Å². The first-order valence-corrected chi connectivity index (χ1v) is 5.10. The van der Waals surface area contributed by atoms with E-state index in [1.807, 2.05) is 13.8 Å². The van der Waals surface area contributed by atoms with Gasteiger partial charge in [0.05, 0.1) is 0 Å². The Bertz CT molecular complexity index is 385. The van der Waals surface area contributed by atoms with Crippen LogP contribution in [0.4, 0.5) is 14.9 Å². The van der Waals surface area contributed by atoms with Crippen molar-refractivity contribution in [2.45, 2.75) is 20.3 Å². The van der Waals surface area contributed by atoms with Crippen molar-refractivity contribution in [2.75, 3.05) is 5.32 Å². The van der Waals surface area contributed by atoms with Crippen LogP contribution in [0.1, 0.15) is 20.3 Å². The summed E-state index contributed by atoms with van der Waals surface area (Å²) in [6.45, 7) is 3.93. The van der Waals surface area contributed by atoms with E-state index in [4.69, 9.17) is 0 Å². The van der Waals surface area contributed by atoms with Crippen LogP contribution in [-0.4, -0.2) is 6.03 Å². The molecule has 86 valence electrons. The maximum absolute atomic E-state index is 12.6. The molecule has 16 heavy (non-hydrogen) atoms. The maximum Gasteiger partial charge on any atom is 0.323 e. The fourth-order valence-corrected chi connectivity index (χ4v) is 0.991. The Labute approximate surface area is 94.4 Å². The second kappa shape index (κ2) is 5.90. The van der Waals surface area contributed by atoms with Crippen LogP contribution < -0.4 is 10.6 Å². The number of carbonyl (C=O) groups is 1. The summed E-state index contributed by atoms with van der Waals surface area (Å²) < 4.78 is 12.6. The molecule has 0 radical (unpaired) electrons. The van der Waals surface area contributed by atoms with Crippen LogP contribution in [0, 0.1) is 5.82 Å². The smallest absolute Gasteiger partial charge is 0.314 e. The summed E-state index contributed by atoms with van der Waals surface area (Å²) >= 11 is 0. The number of allylic oxidation sites excluding steroid dienone is 1. The number of benzene rings is 1. The topological polar surface area (TPSA) is 41.1 Å². The number of hydrogen-bond acceptors (Lipinski definition) is 1. The maximum atomic E-state index is 12.6. The van der Waals surface area contributed by atoms with E-state index in [1.54, 1.807) is 6.20 Å². The molecule has 0 aliphatic carbocycles. The fourth-order valence-electron chi connectivity index (χ4n) is 0.991. The van der Waals surface area contributed by atoms with Crippen LogP contribution in [0.5, 0.6) is 0 Å². The highest BCUT2D eigenvalue weighted by Gasteiger charge is 1.99. The van der Waals surface area contributed by atoms with Crippen molar-refractivity contribution in [3.63, 3.8) is 0 Å². The molecule has 0 bridgehead atoms. The predicted molar refractivity (Wildman–Crippen MR) is 62.6 cm³/mol. The molecular weight excluding hydrogens is 207 g/mol. The van der Waals surface area contributed by atoms with Crippen LogP contribution in [0.15, 0.2) is 36.0 Å². The van der Waals surface area contributed by atoms with Crippen molar-refractivity contribution in [2.24, 2.45) is 0 Å². The van der Waals surface area contributed by atoms with Gasteiger partial charge in [0, 0.05) is 11.9 Å². The normalized spacial score (nSPS) is 11.1. The number of rotatable bonds is 3. The summed E-state index contributed by atoms with van der Waals surface area (Å²) in [5.41, 5.74) is 1.63. The number of anilines is 1. The highest BCUT2D eigenvalue weighted by molar-refractivity contribution is 5.89. The van der Waals surface area contributed by atoms with Gasteiger partial charge in [-0.15, -0.1) is 0 Å². The van der Waals surface area contributed by atoms with Crippen LogP contribution in [0.3, 0.4) is 0 Å². The molecule has 0 unspecified atom stereocenters. The first-order chi connectivity index (χ1) is 7.61. The average molecular weight is 222 g/mol. The summed E-state index contributed by atoms with van der Waals surface area (Å²) in [4.78, 5) is 11.4. The van der Waals surface area contributed by atoms with E-state index in [9.17, 15) is 9.18 Å². The zero-order chi connectivity index (χ0) is 12.0. The lowest BCUT2D eigenvalue weighted by atomic mass is 10.3. The Kier molecular flexibility index (Phi) is 4.51. The lowest BCUT2D eigenvalue weighted by Gasteiger charge is -2.04. The van der Waals surface area contributed by atoms with E-state index < -0.39 is 0 Å². The van der Waals surface area contributed by atoms with Gasteiger partial charge in [0.15, 0.2) is 0 Å². The van der Waals surface area contributed by atoms with Gasteiger partial charge in [-0.3, -0.25) is 0 Å². The van der Waals surface area contributed by atoms with Gasteiger partial charge in [0.25, 0.3) is 0 Å². The SMILES string of the molecule is CC/C(C)=C/NC(=O)Nc1ccc(F)cc1. The number of hydrogen-bond donors (Lipinski definition) is 2. The zero-order valence-corrected chi connectivity index (χ0v) is 9.38. The van der Waals surface area contributed by atoms with Crippen molar-refractivity contribution in [1.29, 1.82) is 0 Å². The quantitative estimate of drug-likeness (QED) is 0.809. The average Bonchev–Trinajstić information content (AvgIpc) is 2.29. The van der Waals surface area contributed by atoms with Crippen LogP contribution in [0.25, 0.3) is 0 Å². The van der Waals surface area contributed by atoms with Gasteiger partial charge in [-0.25, -0.2) is 9.18 Å². The van der Waals surface area contributed by atoms with Gasteiger partial charge >= 0.3 is 6.03 Å². The molecule has 0 aliphatic rings. The van der Waals surface area contributed by atoms with E-state index in [0.717, 1.165) is 12.0 Å². The Morgan fingerprint density at radius 2 is 2.00 bits per heavy atom. The lowest BCUT2D eigenvalue weighted by molar-refractivity contribution is 0.255. The Morgan fingerprint density at radius 1 is 1.38 bits per heavy atom. The van der Waals surface area contributed by atoms with Gasteiger partial charge in [0.1, 0.15) is 5.82 Å². The molecule has 0 fully saturated rings. The monoisotopic (exact) mass is 222 g/mol. The minimum atomic E-state index is -0.334. The van der Waals surface area contributed by atoms with Gasteiger partial charge in [-0.05, 0) is 37.6 Å². The van der Waals surface area contributed by atoms with E-state index in [-0.39, 0.29) is 11.8 Å². The molecule has 2 N–H and O–H groups in total. The second-order valence-corrected chi connectivity index (χ2v) is 3.45. The lowest BCUT2D eigenvalue weighted by Crippen LogP contribution is -2.24. The summed E-state index contributed by atoms with van der Waals surface area (Å²) in [7, 11) is 0. The van der Waals surface area contributed by atoms with Crippen LogP contribution in [-0.2, 0) is 0 Å². The first kappa shape index (κ1) is 12.2. The number of amides is 2. The third-order valence-corrected chi connectivity index (χ3v) is 2.11. The van der Waals surface area contributed by atoms with Gasteiger partial charge in [0.2, 0.25) is 0 Å². The van der Waals surface area contributed by atoms with Crippen LogP contribution in [0.2, 0.25) is 0 Å². The molecule has 3 nitrogen and oxygen atoms in total. The molecule has 2 amide bonds. The van der Waals surface area contributed by atoms with Crippen molar-refractivity contribution in [1.82, 2.24) is 5.32 Å². The number of halogens is 1. The summed E-state index contributed by atoms with van der Waals surface area (Å²) in [6.07, 6.45) is 2.54. The molecule has 0 aliphatic heterocycles. The van der Waals surface area contributed by atoms with Crippen molar-refractivity contribution in [3.8, 4) is 0 Å². The summed E-state index contributed by atoms with van der Waals surface area (Å²) in [6, 6.07) is 5.27. The molecule has 0 saturated carbocycles. The predicted octanol–water partition coefficient (Wildman–Crippen LogP) is 3.26.